The van der Waals surface area contributed by atoms with Crippen LogP contribution in [0.5, 0.6) is 5.75 Å². The fourth-order valence-corrected chi connectivity index (χ4v) is 3.30. The molecule has 1 heterocycles. The average molecular weight is 453 g/mol. The molecule has 1 aliphatic rings. The van der Waals surface area contributed by atoms with Gasteiger partial charge in [-0.1, -0.05) is 6.08 Å². The van der Waals surface area contributed by atoms with Crippen molar-refractivity contribution >= 4 is 57.1 Å². The SMILES string of the molecule is C=CCc1cc(C=C2C(=O)N(C)C(=S)N(C)C2=O)cc(Br)c1OCC(=O)O. The van der Waals surface area contributed by atoms with E-state index in [2.05, 4.69) is 22.5 Å². The van der Waals surface area contributed by atoms with Crippen LogP contribution in [0.1, 0.15) is 11.1 Å². The molecule has 2 rings (SSSR count). The molecule has 1 aromatic rings. The van der Waals surface area contributed by atoms with E-state index in [4.69, 9.17) is 22.1 Å². The molecule has 9 heteroatoms. The maximum Gasteiger partial charge on any atom is 0.341 e. The number of aliphatic carboxylic acids is 1. The highest BCUT2D eigenvalue weighted by Crippen LogP contribution is 2.33. The number of amides is 2. The van der Waals surface area contributed by atoms with Gasteiger partial charge in [0.15, 0.2) is 11.7 Å². The van der Waals surface area contributed by atoms with Gasteiger partial charge in [-0.25, -0.2) is 4.79 Å². The van der Waals surface area contributed by atoms with E-state index in [9.17, 15) is 14.4 Å². The third-order valence-electron chi connectivity index (χ3n) is 3.80. The Morgan fingerprint density at radius 1 is 1.30 bits per heavy atom. The number of carbonyl (C=O) groups excluding carboxylic acids is 2. The van der Waals surface area contributed by atoms with Gasteiger partial charge in [0, 0.05) is 14.1 Å². The highest BCUT2D eigenvalue weighted by Gasteiger charge is 2.35. The average Bonchev–Trinajstić information content (AvgIpc) is 2.61. The molecule has 1 fully saturated rings. The molecule has 2 amide bonds. The van der Waals surface area contributed by atoms with Crippen LogP contribution in [-0.4, -0.2) is 58.5 Å². The fourth-order valence-electron chi connectivity index (χ4n) is 2.50. The second-order valence-corrected chi connectivity index (χ2v) is 6.95. The molecule has 0 bridgehead atoms. The number of thiocarbonyl (C=S) groups is 1. The fraction of sp³-hybridized carbons (Fsp3) is 0.222. The molecule has 0 spiro atoms. The van der Waals surface area contributed by atoms with Crippen molar-refractivity contribution in [1.82, 2.24) is 9.80 Å². The summed E-state index contributed by atoms with van der Waals surface area (Å²) < 4.78 is 5.84. The molecule has 1 saturated heterocycles. The van der Waals surface area contributed by atoms with Gasteiger partial charge in [-0.3, -0.25) is 19.4 Å². The Bertz CT molecular complexity index is 855. The maximum atomic E-state index is 12.4. The van der Waals surface area contributed by atoms with Crippen molar-refractivity contribution in [2.24, 2.45) is 0 Å². The third kappa shape index (κ3) is 4.42. The summed E-state index contributed by atoms with van der Waals surface area (Å²) in [6.45, 7) is 3.19. The molecular weight excluding hydrogens is 436 g/mol. The van der Waals surface area contributed by atoms with Crippen molar-refractivity contribution in [3.63, 3.8) is 0 Å². The minimum Gasteiger partial charge on any atom is -0.480 e. The zero-order valence-electron chi connectivity index (χ0n) is 14.7. The van der Waals surface area contributed by atoms with Gasteiger partial charge in [0.1, 0.15) is 11.3 Å². The molecule has 1 N–H and O–H groups in total. The minimum absolute atomic E-state index is 0.0238. The number of carboxylic acids is 1. The second kappa shape index (κ2) is 8.45. The molecule has 27 heavy (non-hydrogen) atoms. The van der Waals surface area contributed by atoms with Crippen LogP contribution in [0.15, 0.2) is 34.8 Å². The predicted octanol–water partition coefficient (Wildman–Crippen LogP) is 2.24. The molecule has 7 nitrogen and oxygen atoms in total. The standard InChI is InChI=1S/C18H17BrN2O5S/c1-4-5-11-6-10(8-13(19)15(11)26-9-14(22)23)7-12-16(24)20(2)18(27)21(3)17(12)25/h4,6-8H,1,5,9H2,2-3H3,(H,22,23). The summed E-state index contributed by atoms with van der Waals surface area (Å²) in [6, 6.07) is 3.36. The third-order valence-corrected chi connectivity index (χ3v) is 4.94. The quantitative estimate of drug-likeness (QED) is 0.308. The van der Waals surface area contributed by atoms with Gasteiger partial charge in [0.25, 0.3) is 11.8 Å². The molecule has 0 radical (unpaired) electrons. The Balaban J connectivity index is 2.49. The van der Waals surface area contributed by atoms with Gasteiger partial charge in [0.05, 0.1) is 4.47 Å². The van der Waals surface area contributed by atoms with E-state index in [1.165, 1.54) is 30.0 Å². The van der Waals surface area contributed by atoms with Gasteiger partial charge < -0.3 is 9.84 Å². The van der Waals surface area contributed by atoms with Crippen molar-refractivity contribution < 1.29 is 24.2 Å². The van der Waals surface area contributed by atoms with Crippen molar-refractivity contribution in [2.75, 3.05) is 20.7 Å². The van der Waals surface area contributed by atoms with Gasteiger partial charge in [-0.2, -0.15) is 0 Å². The van der Waals surface area contributed by atoms with Crippen LogP contribution >= 0.6 is 28.1 Å². The lowest BCUT2D eigenvalue weighted by Crippen LogP contribution is -2.52. The summed E-state index contributed by atoms with van der Waals surface area (Å²) >= 11 is 8.42. The van der Waals surface area contributed by atoms with Gasteiger partial charge in [0.2, 0.25) is 0 Å². The lowest BCUT2D eigenvalue weighted by molar-refractivity contribution is -0.139. The molecule has 0 atom stereocenters. The van der Waals surface area contributed by atoms with Crippen LogP contribution in [0.25, 0.3) is 6.08 Å². The smallest absolute Gasteiger partial charge is 0.341 e. The summed E-state index contributed by atoms with van der Waals surface area (Å²) in [4.78, 5) is 38.1. The van der Waals surface area contributed by atoms with E-state index < -0.39 is 24.4 Å². The predicted molar refractivity (Wildman–Crippen MR) is 107 cm³/mol. The summed E-state index contributed by atoms with van der Waals surface area (Å²) in [5.74, 6) is -1.71. The molecule has 0 saturated carbocycles. The number of likely N-dealkylation sites (N-methyl/N-ethyl adjacent to an activating group) is 2. The largest absolute Gasteiger partial charge is 0.480 e. The summed E-state index contributed by atoms with van der Waals surface area (Å²) in [5, 5.41) is 8.95. The van der Waals surface area contributed by atoms with E-state index in [1.54, 1.807) is 18.2 Å². The lowest BCUT2D eigenvalue weighted by atomic mass is 10.0. The summed E-state index contributed by atoms with van der Waals surface area (Å²) in [7, 11) is 3.01. The van der Waals surface area contributed by atoms with E-state index in [1.807, 2.05) is 0 Å². The summed E-state index contributed by atoms with van der Waals surface area (Å²) in [5.41, 5.74) is 1.22. The van der Waals surface area contributed by atoms with Gasteiger partial charge >= 0.3 is 5.97 Å². The van der Waals surface area contributed by atoms with E-state index >= 15 is 0 Å². The van der Waals surface area contributed by atoms with E-state index in [-0.39, 0.29) is 10.7 Å². The number of hydrogen-bond donors (Lipinski definition) is 1. The number of carboxylic acid groups (broad SMARTS) is 1. The summed E-state index contributed by atoms with van der Waals surface area (Å²) in [6.07, 6.45) is 3.53. The van der Waals surface area contributed by atoms with Crippen molar-refractivity contribution in [2.45, 2.75) is 6.42 Å². The molecular formula is C18H17BrN2O5S. The number of allylic oxidation sites excluding steroid dienone is 1. The Morgan fingerprint density at radius 2 is 1.89 bits per heavy atom. The minimum atomic E-state index is -1.10. The van der Waals surface area contributed by atoms with Gasteiger partial charge in [-0.05, 0) is 63.9 Å². The zero-order valence-corrected chi connectivity index (χ0v) is 17.1. The first-order valence-corrected chi connectivity index (χ1v) is 8.97. The Kier molecular flexibility index (Phi) is 6.50. The molecule has 0 aromatic heterocycles. The molecule has 142 valence electrons. The van der Waals surface area contributed by atoms with Crippen LogP contribution in [0.3, 0.4) is 0 Å². The number of ether oxygens (including phenoxy) is 1. The Hall–Kier alpha value is -2.52. The number of nitrogens with zero attached hydrogens (tertiary/aromatic N) is 2. The zero-order chi connectivity index (χ0) is 20.3. The first-order valence-electron chi connectivity index (χ1n) is 7.77. The van der Waals surface area contributed by atoms with Crippen molar-refractivity contribution in [3.05, 3.63) is 46.0 Å². The monoisotopic (exact) mass is 452 g/mol. The Labute approximate surface area is 170 Å². The van der Waals surface area contributed by atoms with Crippen LogP contribution in [0.2, 0.25) is 0 Å². The van der Waals surface area contributed by atoms with E-state index in [0.717, 1.165) is 0 Å². The van der Waals surface area contributed by atoms with Crippen LogP contribution < -0.4 is 4.74 Å². The molecule has 0 aliphatic carbocycles. The van der Waals surface area contributed by atoms with Crippen LogP contribution in [0.4, 0.5) is 0 Å². The second-order valence-electron chi connectivity index (χ2n) is 5.74. The number of benzene rings is 1. The maximum absolute atomic E-state index is 12.4. The Morgan fingerprint density at radius 3 is 2.41 bits per heavy atom. The first-order chi connectivity index (χ1) is 12.7. The number of carbonyl (C=O) groups is 3. The molecule has 0 unspecified atom stereocenters. The molecule has 1 aromatic carbocycles. The number of halogens is 1. The molecule has 1 aliphatic heterocycles. The van der Waals surface area contributed by atoms with Crippen molar-refractivity contribution in [3.8, 4) is 5.75 Å². The topological polar surface area (TPSA) is 87.2 Å². The van der Waals surface area contributed by atoms with E-state index in [0.29, 0.717) is 27.8 Å². The highest BCUT2D eigenvalue weighted by atomic mass is 79.9. The highest BCUT2D eigenvalue weighted by molar-refractivity contribution is 9.10. The van der Waals surface area contributed by atoms with Crippen LogP contribution in [0, 0.1) is 0 Å². The lowest BCUT2D eigenvalue weighted by Gasteiger charge is -2.31. The van der Waals surface area contributed by atoms with Crippen molar-refractivity contribution in [1.29, 1.82) is 0 Å². The number of hydrogen-bond acceptors (Lipinski definition) is 5. The number of rotatable bonds is 6. The van der Waals surface area contributed by atoms with Gasteiger partial charge in [-0.15, -0.1) is 6.58 Å². The van der Waals surface area contributed by atoms with Crippen LogP contribution in [-0.2, 0) is 20.8 Å². The normalized spacial score (nSPS) is 14.5. The first kappa shape index (κ1) is 20.8.